The minimum atomic E-state index is -4.37. The lowest BCUT2D eigenvalue weighted by molar-refractivity contribution is -0.137. The van der Waals surface area contributed by atoms with E-state index in [1.54, 1.807) is 0 Å². The summed E-state index contributed by atoms with van der Waals surface area (Å²) in [5.41, 5.74) is -0.193. The van der Waals surface area contributed by atoms with Gasteiger partial charge in [0.15, 0.2) is 0 Å². The summed E-state index contributed by atoms with van der Waals surface area (Å²) in [4.78, 5) is 0. The number of sulfonamides is 1. The van der Waals surface area contributed by atoms with E-state index in [1.807, 2.05) is 0 Å². The molecule has 2 rings (SSSR count). The molecule has 122 valence electrons. The molecule has 0 spiro atoms. The summed E-state index contributed by atoms with van der Waals surface area (Å²) in [6, 6.07) is 4.59. The van der Waals surface area contributed by atoms with Gasteiger partial charge in [-0.25, -0.2) is 8.42 Å². The van der Waals surface area contributed by atoms with Crippen LogP contribution >= 0.6 is 0 Å². The number of hydrogen-bond donors (Lipinski definition) is 1. The van der Waals surface area contributed by atoms with E-state index in [1.165, 1.54) is 28.6 Å². The first-order valence-electron chi connectivity index (χ1n) is 6.81. The number of hydrogen-bond acceptors (Lipinski definition) is 3. The average molecular weight is 334 g/mol. The molecular weight excluding hydrogens is 317 g/mol. The van der Waals surface area contributed by atoms with Gasteiger partial charge in [-0.05, 0) is 17.7 Å². The van der Waals surface area contributed by atoms with Crippen molar-refractivity contribution in [3.8, 4) is 0 Å². The van der Waals surface area contributed by atoms with E-state index in [0.717, 1.165) is 12.1 Å². The third-order valence-electron chi connectivity index (χ3n) is 3.32. The molecule has 1 N–H and O–H groups in total. The zero-order chi connectivity index (χ0) is 16.2. The summed E-state index contributed by atoms with van der Waals surface area (Å²) >= 11 is 0. The van der Waals surface area contributed by atoms with Crippen LogP contribution in [0.5, 0.6) is 0 Å². The molecule has 0 aromatic heterocycles. The van der Waals surface area contributed by atoms with Crippen LogP contribution in [0.2, 0.25) is 0 Å². The molecule has 1 aliphatic heterocycles. The van der Waals surface area contributed by atoms with Gasteiger partial charge in [0.1, 0.15) is 0 Å². The predicted molar refractivity (Wildman–Crippen MR) is 78.7 cm³/mol. The molecular formula is C14H17F3N2O2S. The molecule has 22 heavy (non-hydrogen) atoms. The van der Waals surface area contributed by atoms with Crippen molar-refractivity contribution < 1.29 is 21.6 Å². The first-order valence-corrected chi connectivity index (χ1v) is 8.42. The molecule has 4 nitrogen and oxygen atoms in total. The number of nitrogens with zero attached hydrogens (tertiary/aromatic N) is 1. The van der Waals surface area contributed by atoms with Gasteiger partial charge in [-0.2, -0.15) is 17.5 Å². The molecule has 0 atom stereocenters. The number of alkyl halides is 3. The summed E-state index contributed by atoms with van der Waals surface area (Å²) in [7, 11) is -3.36. The molecule has 1 aliphatic rings. The van der Waals surface area contributed by atoms with Crippen LogP contribution < -0.4 is 5.32 Å². The largest absolute Gasteiger partial charge is 0.416 e. The van der Waals surface area contributed by atoms with E-state index >= 15 is 0 Å². The summed E-state index contributed by atoms with van der Waals surface area (Å²) in [6.07, 6.45) is -1.40. The molecule has 0 amide bonds. The van der Waals surface area contributed by atoms with Crippen molar-refractivity contribution >= 4 is 16.1 Å². The van der Waals surface area contributed by atoms with Crippen LogP contribution in [0.4, 0.5) is 13.2 Å². The Labute approximate surface area is 127 Å². The molecule has 0 unspecified atom stereocenters. The highest BCUT2D eigenvalue weighted by Crippen LogP contribution is 2.29. The van der Waals surface area contributed by atoms with Gasteiger partial charge in [0.25, 0.3) is 0 Å². The highest BCUT2D eigenvalue weighted by atomic mass is 32.2. The van der Waals surface area contributed by atoms with Crippen molar-refractivity contribution in [2.45, 2.75) is 6.18 Å². The number of rotatable bonds is 4. The molecule has 0 radical (unpaired) electrons. The van der Waals surface area contributed by atoms with Gasteiger partial charge >= 0.3 is 6.18 Å². The number of benzene rings is 1. The van der Waals surface area contributed by atoms with Gasteiger partial charge in [-0.1, -0.05) is 24.3 Å². The fourth-order valence-corrected chi connectivity index (χ4v) is 3.41. The van der Waals surface area contributed by atoms with Crippen molar-refractivity contribution in [3.05, 3.63) is 41.5 Å². The van der Waals surface area contributed by atoms with Crippen LogP contribution in [-0.4, -0.2) is 44.7 Å². The Bertz CT molecular complexity index is 618. The highest BCUT2D eigenvalue weighted by molar-refractivity contribution is 7.89. The van der Waals surface area contributed by atoms with Crippen molar-refractivity contribution in [1.29, 1.82) is 0 Å². The lowest BCUT2D eigenvalue weighted by atomic mass is 10.1. The Morgan fingerprint density at radius 1 is 1.14 bits per heavy atom. The minimum Gasteiger partial charge on any atom is -0.314 e. The second-order valence-electron chi connectivity index (χ2n) is 4.95. The van der Waals surface area contributed by atoms with Crippen LogP contribution in [0.15, 0.2) is 30.3 Å². The lowest BCUT2D eigenvalue weighted by Gasteiger charge is -2.26. The predicted octanol–water partition coefficient (Wildman–Crippen LogP) is 1.95. The first-order chi connectivity index (χ1) is 10.3. The van der Waals surface area contributed by atoms with E-state index < -0.39 is 21.8 Å². The number of nitrogens with one attached hydrogen (secondary N) is 1. The highest BCUT2D eigenvalue weighted by Gasteiger charge is 2.29. The van der Waals surface area contributed by atoms with Gasteiger partial charge in [-0.3, -0.25) is 0 Å². The Morgan fingerprint density at radius 3 is 2.27 bits per heavy atom. The topological polar surface area (TPSA) is 49.4 Å². The van der Waals surface area contributed by atoms with Crippen LogP contribution in [0.3, 0.4) is 0 Å². The van der Waals surface area contributed by atoms with E-state index in [9.17, 15) is 21.6 Å². The van der Waals surface area contributed by atoms with E-state index in [2.05, 4.69) is 5.32 Å². The molecule has 1 aromatic rings. The monoisotopic (exact) mass is 334 g/mol. The zero-order valence-corrected chi connectivity index (χ0v) is 12.6. The smallest absolute Gasteiger partial charge is 0.314 e. The van der Waals surface area contributed by atoms with Gasteiger partial charge in [0.05, 0.1) is 11.3 Å². The number of halogens is 3. The SMILES string of the molecule is O=S(=O)(CC=Cc1ccc(C(F)(F)F)cc1)N1CCNCC1. The molecule has 1 aromatic carbocycles. The zero-order valence-electron chi connectivity index (χ0n) is 11.8. The second-order valence-corrected chi connectivity index (χ2v) is 6.96. The van der Waals surface area contributed by atoms with Crippen LogP contribution in [0.1, 0.15) is 11.1 Å². The minimum absolute atomic E-state index is 0.159. The first kappa shape index (κ1) is 17.0. The molecule has 1 fully saturated rings. The quantitative estimate of drug-likeness (QED) is 0.916. The molecule has 0 aliphatic carbocycles. The molecule has 0 saturated carbocycles. The standard InChI is InChI=1S/C14H17F3N2O2S/c15-14(16,17)13-5-3-12(4-6-13)2-1-11-22(20,21)19-9-7-18-8-10-19/h1-6,18H,7-11H2. The van der Waals surface area contributed by atoms with Gasteiger partial charge in [0, 0.05) is 26.2 Å². The number of piperazine rings is 1. The maximum absolute atomic E-state index is 12.4. The third-order valence-corrected chi connectivity index (χ3v) is 5.09. The van der Waals surface area contributed by atoms with Crippen LogP contribution in [-0.2, 0) is 16.2 Å². The summed E-state index contributed by atoms with van der Waals surface area (Å²) in [5, 5.41) is 3.07. The summed E-state index contributed by atoms with van der Waals surface area (Å²) in [6.45, 7) is 2.14. The lowest BCUT2D eigenvalue weighted by Crippen LogP contribution is -2.46. The molecule has 8 heteroatoms. The van der Waals surface area contributed by atoms with Gasteiger partial charge in [-0.15, -0.1) is 0 Å². The normalized spacial score (nSPS) is 18.0. The summed E-state index contributed by atoms with van der Waals surface area (Å²) in [5.74, 6) is -0.159. The van der Waals surface area contributed by atoms with Crippen LogP contribution in [0, 0.1) is 0 Å². The Hall–Kier alpha value is -1.38. The summed E-state index contributed by atoms with van der Waals surface area (Å²) < 4.78 is 62.8. The van der Waals surface area contributed by atoms with E-state index in [0.29, 0.717) is 31.7 Å². The van der Waals surface area contributed by atoms with Crippen molar-refractivity contribution in [1.82, 2.24) is 9.62 Å². The Kier molecular flexibility index (Phi) is 5.25. The maximum Gasteiger partial charge on any atom is 0.416 e. The van der Waals surface area contributed by atoms with E-state index in [4.69, 9.17) is 0 Å². The van der Waals surface area contributed by atoms with Crippen molar-refractivity contribution in [3.63, 3.8) is 0 Å². The molecule has 1 heterocycles. The van der Waals surface area contributed by atoms with Crippen molar-refractivity contribution in [2.24, 2.45) is 0 Å². The molecule has 1 saturated heterocycles. The Balaban J connectivity index is 1.97. The maximum atomic E-state index is 12.4. The fraction of sp³-hybridized carbons (Fsp3) is 0.429. The van der Waals surface area contributed by atoms with E-state index in [-0.39, 0.29) is 5.75 Å². The van der Waals surface area contributed by atoms with Gasteiger partial charge in [0.2, 0.25) is 10.0 Å². The van der Waals surface area contributed by atoms with Crippen LogP contribution in [0.25, 0.3) is 6.08 Å². The fourth-order valence-electron chi connectivity index (χ4n) is 2.12. The third kappa shape index (κ3) is 4.56. The molecule has 0 bridgehead atoms. The van der Waals surface area contributed by atoms with Crippen molar-refractivity contribution in [2.75, 3.05) is 31.9 Å². The Morgan fingerprint density at radius 2 is 1.73 bits per heavy atom. The second kappa shape index (κ2) is 6.80. The average Bonchev–Trinajstić information content (AvgIpc) is 2.48. The van der Waals surface area contributed by atoms with Gasteiger partial charge < -0.3 is 5.32 Å².